The Hall–Kier alpha value is -2.33. The monoisotopic (exact) mass is 282 g/mol. The molecule has 3 rings (SSSR count). The van der Waals surface area contributed by atoms with Crippen LogP contribution in [-0.2, 0) is 4.79 Å². The molecular formula is C17H18N2O2. The molecule has 0 radical (unpaired) electrons. The molecule has 1 aliphatic heterocycles. The second kappa shape index (κ2) is 5.97. The first-order valence-corrected chi connectivity index (χ1v) is 7.09. The lowest BCUT2D eigenvalue weighted by Gasteiger charge is -2.28. The normalized spacial score (nSPS) is 15.1. The largest absolute Gasteiger partial charge is 0.455 e. The second-order valence-corrected chi connectivity index (χ2v) is 5.06. The molecule has 1 saturated heterocycles. The van der Waals surface area contributed by atoms with Crippen LogP contribution in [0.4, 0.5) is 5.69 Å². The van der Waals surface area contributed by atoms with Crippen molar-refractivity contribution in [1.29, 1.82) is 0 Å². The number of carbonyl (C=O) groups is 1. The van der Waals surface area contributed by atoms with Gasteiger partial charge in [0.15, 0.2) is 5.75 Å². The van der Waals surface area contributed by atoms with Gasteiger partial charge in [0.25, 0.3) is 0 Å². The number of aryl methyl sites for hydroxylation is 1. The number of anilines is 1. The minimum absolute atomic E-state index is 0.0714. The van der Waals surface area contributed by atoms with Crippen molar-refractivity contribution in [2.45, 2.75) is 6.92 Å². The van der Waals surface area contributed by atoms with Crippen molar-refractivity contribution in [1.82, 2.24) is 5.32 Å². The lowest BCUT2D eigenvalue weighted by atomic mass is 10.2. The number of amides is 1. The van der Waals surface area contributed by atoms with Gasteiger partial charge in [0, 0.05) is 13.1 Å². The fourth-order valence-corrected chi connectivity index (χ4v) is 2.42. The number of hydrogen-bond donors (Lipinski definition) is 1. The molecule has 0 atom stereocenters. The first-order valence-electron chi connectivity index (χ1n) is 7.09. The van der Waals surface area contributed by atoms with Crippen LogP contribution >= 0.6 is 0 Å². The van der Waals surface area contributed by atoms with E-state index < -0.39 is 0 Å². The summed E-state index contributed by atoms with van der Waals surface area (Å²) in [7, 11) is 0. The lowest BCUT2D eigenvalue weighted by molar-refractivity contribution is -0.118. The quantitative estimate of drug-likeness (QED) is 0.941. The van der Waals surface area contributed by atoms with E-state index in [1.54, 1.807) is 4.90 Å². The maximum atomic E-state index is 12.1. The first-order chi connectivity index (χ1) is 10.3. The van der Waals surface area contributed by atoms with Gasteiger partial charge in [-0.3, -0.25) is 4.79 Å². The molecule has 1 amide bonds. The van der Waals surface area contributed by atoms with Crippen molar-refractivity contribution in [2.75, 3.05) is 24.5 Å². The van der Waals surface area contributed by atoms with E-state index in [1.807, 2.05) is 55.5 Å². The maximum absolute atomic E-state index is 12.1. The molecule has 2 aromatic rings. The van der Waals surface area contributed by atoms with Crippen molar-refractivity contribution in [3.63, 3.8) is 0 Å². The molecule has 1 fully saturated rings. The van der Waals surface area contributed by atoms with Gasteiger partial charge in [-0.2, -0.15) is 0 Å². The van der Waals surface area contributed by atoms with Gasteiger partial charge in [-0.15, -0.1) is 0 Å². The van der Waals surface area contributed by atoms with Crippen LogP contribution in [0.1, 0.15) is 5.56 Å². The Balaban J connectivity index is 1.93. The highest BCUT2D eigenvalue weighted by Crippen LogP contribution is 2.33. The third kappa shape index (κ3) is 2.90. The van der Waals surface area contributed by atoms with E-state index in [0.717, 1.165) is 23.5 Å². The Bertz CT molecular complexity index is 655. The van der Waals surface area contributed by atoms with Gasteiger partial charge in [-0.05, 0) is 30.7 Å². The molecule has 0 aromatic heterocycles. The van der Waals surface area contributed by atoms with E-state index in [1.165, 1.54) is 0 Å². The Kier molecular flexibility index (Phi) is 3.88. The number of nitrogens with zero attached hydrogens (tertiary/aromatic N) is 1. The highest BCUT2D eigenvalue weighted by Gasteiger charge is 2.22. The number of hydrogen-bond acceptors (Lipinski definition) is 3. The molecular weight excluding hydrogens is 264 g/mol. The van der Waals surface area contributed by atoms with Gasteiger partial charge in [-0.25, -0.2) is 0 Å². The van der Waals surface area contributed by atoms with Crippen molar-refractivity contribution in [3.8, 4) is 11.5 Å². The van der Waals surface area contributed by atoms with Crippen LogP contribution < -0.4 is 15.0 Å². The molecule has 0 aliphatic carbocycles. The minimum atomic E-state index is 0.0714. The van der Waals surface area contributed by atoms with Gasteiger partial charge in [0.2, 0.25) is 5.91 Å². The molecule has 1 N–H and O–H groups in total. The van der Waals surface area contributed by atoms with Crippen LogP contribution in [0.5, 0.6) is 11.5 Å². The molecule has 1 aliphatic rings. The van der Waals surface area contributed by atoms with Crippen molar-refractivity contribution in [3.05, 3.63) is 54.1 Å². The van der Waals surface area contributed by atoms with Gasteiger partial charge >= 0.3 is 0 Å². The summed E-state index contributed by atoms with van der Waals surface area (Å²) in [5, 5.41) is 3.08. The molecule has 4 heteroatoms. The predicted molar refractivity (Wildman–Crippen MR) is 82.9 cm³/mol. The predicted octanol–water partition coefficient (Wildman–Crippen LogP) is 2.72. The number of ether oxygens (including phenoxy) is 1. The van der Waals surface area contributed by atoms with E-state index in [9.17, 15) is 4.79 Å². The fourth-order valence-electron chi connectivity index (χ4n) is 2.42. The molecule has 0 saturated carbocycles. The Labute approximate surface area is 124 Å². The van der Waals surface area contributed by atoms with E-state index in [-0.39, 0.29) is 5.91 Å². The van der Waals surface area contributed by atoms with E-state index >= 15 is 0 Å². The molecule has 21 heavy (non-hydrogen) atoms. The van der Waals surface area contributed by atoms with Crippen molar-refractivity contribution in [2.24, 2.45) is 0 Å². The molecule has 0 bridgehead atoms. The van der Waals surface area contributed by atoms with Gasteiger partial charge in [-0.1, -0.05) is 30.3 Å². The Morgan fingerprint density at radius 1 is 1.05 bits per heavy atom. The topological polar surface area (TPSA) is 41.6 Å². The average molecular weight is 282 g/mol. The highest BCUT2D eigenvalue weighted by atomic mass is 16.5. The van der Waals surface area contributed by atoms with Gasteiger partial charge in [0.1, 0.15) is 5.75 Å². The third-order valence-electron chi connectivity index (χ3n) is 3.56. The molecule has 4 nitrogen and oxygen atoms in total. The van der Waals surface area contributed by atoms with Crippen LogP contribution in [0.3, 0.4) is 0 Å². The second-order valence-electron chi connectivity index (χ2n) is 5.06. The molecule has 0 spiro atoms. The number of nitrogens with one attached hydrogen (secondary N) is 1. The smallest absolute Gasteiger partial charge is 0.241 e. The Morgan fingerprint density at radius 2 is 1.76 bits per heavy atom. The zero-order valence-electron chi connectivity index (χ0n) is 12.0. The minimum Gasteiger partial charge on any atom is -0.455 e. The highest BCUT2D eigenvalue weighted by molar-refractivity contribution is 5.97. The number of rotatable bonds is 3. The Morgan fingerprint density at radius 3 is 2.52 bits per heavy atom. The standard InChI is InChI=1S/C17H18N2O2/c1-13-6-2-4-8-15(13)21-16-9-5-3-7-14(16)19-11-10-18-12-17(19)20/h2-9,18H,10-12H2,1H3. The zero-order valence-corrected chi connectivity index (χ0v) is 12.0. The van der Waals surface area contributed by atoms with E-state index in [4.69, 9.17) is 4.74 Å². The third-order valence-corrected chi connectivity index (χ3v) is 3.56. The number of para-hydroxylation sites is 3. The lowest BCUT2D eigenvalue weighted by Crippen LogP contribution is -2.48. The maximum Gasteiger partial charge on any atom is 0.241 e. The molecule has 1 heterocycles. The number of carbonyl (C=O) groups excluding carboxylic acids is 1. The molecule has 2 aromatic carbocycles. The zero-order chi connectivity index (χ0) is 14.7. The van der Waals surface area contributed by atoms with Gasteiger partial charge in [0.05, 0.1) is 12.2 Å². The van der Waals surface area contributed by atoms with E-state index in [2.05, 4.69) is 5.32 Å². The summed E-state index contributed by atoms with van der Waals surface area (Å²) in [6.45, 7) is 3.84. The number of benzene rings is 2. The summed E-state index contributed by atoms with van der Waals surface area (Å²) in [6, 6.07) is 15.5. The van der Waals surface area contributed by atoms with Crippen molar-refractivity contribution < 1.29 is 9.53 Å². The summed E-state index contributed by atoms with van der Waals surface area (Å²) in [4.78, 5) is 13.9. The van der Waals surface area contributed by atoms with Crippen LogP contribution in [-0.4, -0.2) is 25.5 Å². The first kappa shape index (κ1) is 13.6. The molecule has 108 valence electrons. The summed E-state index contributed by atoms with van der Waals surface area (Å²) in [6.07, 6.45) is 0. The van der Waals surface area contributed by atoms with E-state index in [0.29, 0.717) is 18.8 Å². The van der Waals surface area contributed by atoms with Crippen LogP contribution in [0.15, 0.2) is 48.5 Å². The molecule has 0 unspecified atom stereocenters. The summed E-state index contributed by atoms with van der Waals surface area (Å²) < 4.78 is 6.03. The van der Waals surface area contributed by atoms with Crippen molar-refractivity contribution >= 4 is 11.6 Å². The fraction of sp³-hybridized carbons (Fsp3) is 0.235. The van der Waals surface area contributed by atoms with Crippen LogP contribution in [0.25, 0.3) is 0 Å². The number of piperazine rings is 1. The SMILES string of the molecule is Cc1ccccc1Oc1ccccc1N1CCNCC1=O. The summed E-state index contributed by atoms with van der Waals surface area (Å²) >= 11 is 0. The summed E-state index contributed by atoms with van der Waals surface area (Å²) in [5.41, 5.74) is 1.89. The average Bonchev–Trinajstić information content (AvgIpc) is 2.51. The van der Waals surface area contributed by atoms with Crippen LogP contribution in [0, 0.1) is 6.92 Å². The van der Waals surface area contributed by atoms with Crippen LogP contribution in [0.2, 0.25) is 0 Å². The van der Waals surface area contributed by atoms with Gasteiger partial charge < -0.3 is 15.0 Å². The summed E-state index contributed by atoms with van der Waals surface area (Å²) in [5.74, 6) is 1.59.